The number of hydrogen-bond acceptors (Lipinski definition) is 4. The SMILES string of the molecule is Cn1c2ccccc2c2c3c(c(CNCCO)cc21)C(=O)NC3=O. The first-order valence-corrected chi connectivity index (χ1v) is 7.83. The van der Waals surface area contributed by atoms with E-state index in [0.717, 1.165) is 27.4 Å². The molecular formula is C18H17N3O3. The Morgan fingerprint density at radius 3 is 2.67 bits per heavy atom. The van der Waals surface area contributed by atoms with Crippen LogP contribution < -0.4 is 10.6 Å². The zero-order valence-corrected chi connectivity index (χ0v) is 13.2. The van der Waals surface area contributed by atoms with Gasteiger partial charge in [-0.05, 0) is 17.7 Å². The third-order valence-electron chi connectivity index (χ3n) is 4.57. The van der Waals surface area contributed by atoms with Crippen molar-refractivity contribution in [1.29, 1.82) is 0 Å². The largest absolute Gasteiger partial charge is 0.395 e. The number of benzene rings is 2. The van der Waals surface area contributed by atoms with Crippen molar-refractivity contribution < 1.29 is 14.7 Å². The summed E-state index contributed by atoms with van der Waals surface area (Å²) >= 11 is 0. The quantitative estimate of drug-likeness (QED) is 0.499. The summed E-state index contributed by atoms with van der Waals surface area (Å²) in [5, 5.41) is 16.2. The second-order valence-electron chi connectivity index (χ2n) is 5.94. The van der Waals surface area contributed by atoms with Crippen LogP contribution in [0.5, 0.6) is 0 Å². The van der Waals surface area contributed by atoms with Crippen LogP contribution in [-0.4, -0.2) is 34.6 Å². The van der Waals surface area contributed by atoms with Gasteiger partial charge < -0.3 is 15.0 Å². The number of aromatic nitrogens is 1. The number of rotatable bonds is 4. The van der Waals surface area contributed by atoms with Gasteiger partial charge in [0.05, 0.1) is 23.3 Å². The third kappa shape index (κ3) is 1.97. The molecule has 2 heterocycles. The molecule has 0 bridgehead atoms. The number of nitrogens with one attached hydrogen (secondary N) is 2. The molecule has 0 atom stereocenters. The average Bonchev–Trinajstić information content (AvgIpc) is 3.03. The monoisotopic (exact) mass is 323 g/mol. The van der Waals surface area contributed by atoms with Crippen LogP contribution in [0, 0.1) is 0 Å². The van der Waals surface area contributed by atoms with Crippen molar-refractivity contribution in [2.24, 2.45) is 7.05 Å². The molecule has 2 amide bonds. The number of carbonyl (C=O) groups excluding carboxylic acids is 2. The normalized spacial score (nSPS) is 13.8. The number of fused-ring (bicyclic) bond motifs is 5. The Morgan fingerprint density at radius 2 is 1.88 bits per heavy atom. The summed E-state index contributed by atoms with van der Waals surface area (Å²) in [5.41, 5.74) is 3.59. The predicted molar refractivity (Wildman–Crippen MR) is 91.0 cm³/mol. The highest BCUT2D eigenvalue weighted by Gasteiger charge is 2.33. The third-order valence-corrected chi connectivity index (χ3v) is 4.57. The first-order valence-electron chi connectivity index (χ1n) is 7.83. The average molecular weight is 323 g/mol. The van der Waals surface area contributed by atoms with Gasteiger partial charge in [-0.15, -0.1) is 0 Å². The molecule has 0 saturated carbocycles. The van der Waals surface area contributed by atoms with E-state index in [1.807, 2.05) is 41.9 Å². The maximum Gasteiger partial charge on any atom is 0.259 e. The number of para-hydroxylation sites is 1. The van der Waals surface area contributed by atoms with E-state index in [1.165, 1.54) is 0 Å². The van der Waals surface area contributed by atoms with Crippen LogP contribution in [0.2, 0.25) is 0 Å². The minimum absolute atomic E-state index is 0.0175. The zero-order valence-electron chi connectivity index (χ0n) is 13.2. The standard InChI is InChI=1S/C18H17N3O3/c1-21-12-5-3-2-4-11(12)15-13(21)8-10(9-19-6-7-22)14-16(15)18(24)20-17(14)23/h2-5,8,19,22H,6-7,9H2,1H3,(H,20,23,24). The summed E-state index contributed by atoms with van der Waals surface area (Å²) in [5.74, 6) is -0.703. The fraction of sp³-hybridized carbons (Fsp3) is 0.222. The van der Waals surface area contributed by atoms with Gasteiger partial charge in [0.2, 0.25) is 0 Å². The number of aliphatic hydroxyl groups excluding tert-OH is 1. The van der Waals surface area contributed by atoms with Gasteiger partial charge >= 0.3 is 0 Å². The van der Waals surface area contributed by atoms with Crippen LogP contribution in [-0.2, 0) is 13.6 Å². The Labute approximate surface area is 138 Å². The van der Waals surface area contributed by atoms with Gasteiger partial charge in [-0.25, -0.2) is 0 Å². The maximum absolute atomic E-state index is 12.4. The van der Waals surface area contributed by atoms with Crippen molar-refractivity contribution in [2.45, 2.75) is 6.54 Å². The summed E-state index contributed by atoms with van der Waals surface area (Å²) in [6, 6.07) is 9.81. The molecule has 0 aliphatic carbocycles. The van der Waals surface area contributed by atoms with E-state index in [2.05, 4.69) is 10.6 Å². The van der Waals surface area contributed by atoms with E-state index < -0.39 is 0 Å². The minimum atomic E-state index is -0.356. The Morgan fingerprint density at radius 1 is 1.12 bits per heavy atom. The molecule has 6 heteroatoms. The lowest BCUT2D eigenvalue weighted by Gasteiger charge is -2.09. The molecule has 1 aliphatic heterocycles. The topological polar surface area (TPSA) is 83.4 Å². The van der Waals surface area contributed by atoms with E-state index in [9.17, 15) is 9.59 Å². The van der Waals surface area contributed by atoms with Gasteiger partial charge in [0.15, 0.2) is 0 Å². The molecular weight excluding hydrogens is 306 g/mol. The lowest BCUT2D eigenvalue weighted by molar-refractivity contribution is 0.0880. The lowest BCUT2D eigenvalue weighted by atomic mass is 9.97. The van der Waals surface area contributed by atoms with Gasteiger partial charge in [0.25, 0.3) is 11.8 Å². The maximum atomic E-state index is 12.4. The van der Waals surface area contributed by atoms with Crippen LogP contribution in [0.1, 0.15) is 26.3 Å². The smallest absolute Gasteiger partial charge is 0.259 e. The molecule has 0 spiro atoms. The number of aryl methyl sites for hydroxylation is 1. The Kier molecular flexibility index (Phi) is 3.37. The number of nitrogens with zero attached hydrogens (tertiary/aromatic N) is 1. The molecule has 4 rings (SSSR count). The minimum Gasteiger partial charge on any atom is -0.395 e. The Balaban J connectivity index is 2.07. The number of hydrogen-bond donors (Lipinski definition) is 3. The highest BCUT2D eigenvalue weighted by Crippen LogP contribution is 2.36. The van der Waals surface area contributed by atoms with Crippen molar-refractivity contribution in [2.75, 3.05) is 13.2 Å². The number of amides is 2. The molecule has 24 heavy (non-hydrogen) atoms. The van der Waals surface area contributed by atoms with E-state index in [0.29, 0.717) is 24.2 Å². The lowest BCUT2D eigenvalue weighted by Crippen LogP contribution is -2.22. The second kappa shape index (κ2) is 5.43. The van der Waals surface area contributed by atoms with Crippen molar-refractivity contribution >= 4 is 33.6 Å². The zero-order chi connectivity index (χ0) is 16.8. The molecule has 0 fully saturated rings. The van der Waals surface area contributed by atoms with Gasteiger partial charge in [-0.1, -0.05) is 18.2 Å². The van der Waals surface area contributed by atoms with Gasteiger partial charge in [0.1, 0.15) is 0 Å². The Bertz CT molecular complexity index is 1000. The van der Waals surface area contributed by atoms with Gasteiger partial charge in [-0.2, -0.15) is 0 Å². The summed E-state index contributed by atoms with van der Waals surface area (Å²) in [6.07, 6.45) is 0. The van der Waals surface area contributed by atoms with E-state index in [1.54, 1.807) is 0 Å². The molecule has 122 valence electrons. The molecule has 0 unspecified atom stereocenters. The fourth-order valence-corrected chi connectivity index (χ4v) is 3.52. The summed E-state index contributed by atoms with van der Waals surface area (Å²) in [6.45, 7) is 0.863. The number of imide groups is 1. The highest BCUT2D eigenvalue weighted by molar-refractivity contribution is 6.30. The van der Waals surface area contributed by atoms with E-state index in [-0.39, 0.29) is 18.4 Å². The second-order valence-corrected chi connectivity index (χ2v) is 5.94. The van der Waals surface area contributed by atoms with Crippen LogP contribution in [0.3, 0.4) is 0 Å². The summed E-state index contributed by atoms with van der Waals surface area (Å²) in [4.78, 5) is 24.7. The summed E-state index contributed by atoms with van der Waals surface area (Å²) in [7, 11) is 1.96. The van der Waals surface area contributed by atoms with Gasteiger partial charge in [0, 0.05) is 36.4 Å². The van der Waals surface area contributed by atoms with Crippen molar-refractivity contribution in [3.8, 4) is 0 Å². The van der Waals surface area contributed by atoms with Crippen molar-refractivity contribution in [1.82, 2.24) is 15.2 Å². The van der Waals surface area contributed by atoms with Crippen LogP contribution in [0.15, 0.2) is 30.3 Å². The molecule has 1 aromatic heterocycles. The molecule has 2 aromatic carbocycles. The van der Waals surface area contributed by atoms with Crippen molar-refractivity contribution in [3.63, 3.8) is 0 Å². The van der Waals surface area contributed by atoms with Crippen LogP contribution >= 0.6 is 0 Å². The molecule has 3 N–H and O–H groups in total. The molecule has 0 radical (unpaired) electrons. The predicted octanol–water partition coefficient (Wildman–Crippen LogP) is 1.30. The molecule has 3 aromatic rings. The Hall–Kier alpha value is -2.70. The van der Waals surface area contributed by atoms with E-state index in [4.69, 9.17) is 5.11 Å². The fourth-order valence-electron chi connectivity index (χ4n) is 3.52. The highest BCUT2D eigenvalue weighted by atomic mass is 16.3. The van der Waals surface area contributed by atoms with Crippen LogP contribution in [0.4, 0.5) is 0 Å². The van der Waals surface area contributed by atoms with Crippen molar-refractivity contribution in [3.05, 3.63) is 47.0 Å². The van der Waals surface area contributed by atoms with Gasteiger partial charge in [-0.3, -0.25) is 14.9 Å². The molecule has 6 nitrogen and oxygen atoms in total. The first-order chi connectivity index (χ1) is 11.6. The number of aliphatic hydroxyl groups is 1. The summed E-state index contributed by atoms with van der Waals surface area (Å²) < 4.78 is 2.04. The van der Waals surface area contributed by atoms with E-state index >= 15 is 0 Å². The number of carbonyl (C=O) groups is 2. The molecule has 1 aliphatic rings. The van der Waals surface area contributed by atoms with Crippen LogP contribution in [0.25, 0.3) is 21.8 Å². The first kappa shape index (κ1) is 14.9. The molecule has 0 saturated heterocycles.